The Balaban J connectivity index is 1.54. The summed E-state index contributed by atoms with van der Waals surface area (Å²) in [6.07, 6.45) is 0.524. The molecule has 36 heavy (non-hydrogen) atoms. The van der Waals surface area contributed by atoms with Crippen LogP contribution >= 0.6 is 19.5 Å². The average Bonchev–Trinajstić information content (AvgIpc) is 3.36. The molecule has 2 aromatic heterocycles. The number of fused-ring (bicyclic) bond motifs is 9. The zero-order valence-corrected chi connectivity index (χ0v) is 21.4. The van der Waals surface area contributed by atoms with Gasteiger partial charge in [-0.1, -0.05) is 31.7 Å². The lowest BCUT2D eigenvalue weighted by molar-refractivity contribution is -0.0507. The Morgan fingerprint density at radius 1 is 1.11 bits per heavy atom. The van der Waals surface area contributed by atoms with Gasteiger partial charge >= 0.3 is 6.61 Å². The van der Waals surface area contributed by atoms with E-state index in [-0.39, 0.29) is 31.7 Å². The van der Waals surface area contributed by atoms with Crippen LogP contribution in [0.4, 0.5) is 8.78 Å². The van der Waals surface area contributed by atoms with Gasteiger partial charge in [0.05, 0.1) is 28.8 Å². The minimum absolute atomic E-state index is 0.0143. The van der Waals surface area contributed by atoms with Crippen LogP contribution in [-0.4, -0.2) is 52.3 Å². The third kappa shape index (κ3) is 3.50. The zero-order valence-electron chi connectivity index (χ0n) is 19.7. The van der Waals surface area contributed by atoms with Gasteiger partial charge in [0.15, 0.2) is 0 Å². The highest BCUT2D eigenvalue weighted by molar-refractivity contribution is 7.64. The number of imidazole rings is 1. The fourth-order valence-electron chi connectivity index (χ4n) is 5.36. The highest BCUT2D eigenvalue weighted by Gasteiger charge is 2.45. The van der Waals surface area contributed by atoms with Crippen molar-refractivity contribution in [2.45, 2.75) is 25.1 Å². The molecule has 1 unspecified atom stereocenters. The molecule has 10 heteroatoms. The number of amides is 1. The van der Waals surface area contributed by atoms with Crippen LogP contribution in [-0.2, 0) is 0 Å². The molecule has 184 valence electrons. The Kier molecular flexibility index (Phi) is 5.50. The van der Waals surface area contributed by atoms with Crippen molar-refractivity contribution in [2.24, 2.45) is 0 Å². The van der Waals surface area contributed by atoms with Gasteiger partial charge in [0.25, 0.3) is 5.91 Å². The smallest absolute Gasteiger partial charge is 0.387 e. The maximum Gasteiger partial charge on any atom is 0.387 e. The maximum absolute atomic E-state index is 13.3. The van der Waals surface area contributed by atoms with Crippen LogP contribution in [0.1, 0.15) is 40.3 Å². The molecule has 0 N–H and O–H groups in total. The summed E-state index contributed by atoms with van der Waals surface area (Å²) >= 11 is 6.48. The van der Waals surface area contributed by atoms with Gasteiger partial charge in [0.2, 0.25) is 0 Å². The van der Waals surface area contributed by atoms with E-state index in [0.29, 0.717) is 22.7 Å². The second-order valence-corrected chi connectivity index (χ2v) is 11.9. The second kappa shape index (κ2) is 8.49. The molecule has 0 saturated carbocycles. The van der Waals surface area contributed by atoms with E-state index >= 15 is 0 Å². The summed E-state index contributed by atoms with van der Waals surface area (Å²) in [7, 11) is 1.35. The first kappa shape index (κ1) is 23.3. The number of pyridine rings is 1. The first-order valence-corrected chi connectivity index (χ1v) is 14.1. The van der Waals surface area contributed by atoms with Crippen LogP contribution in [0.5, 0.6) is 5.75 Å². The third-order valence-electron chi connectivity index (χ3n) is 7.01. The lowest BCUT2D eigenvalue weighted by Crippen LogP contribution is -2.30. The van der Waals surface area contributed by atoms with Crippen molar-refractivity contribution in [1.29, 1.82) is 0 Å². The predicted octanol–water partition coefficient (Wildman–Crippen LogP) is 5.84. The van der Waals surface area contributed by atoms with Crippen LogP contribution in [0.15, 0.2) is 48.5 Å². The largest absolute Gasteiger partial charge is 0.434 e. The molecule has 4 heterocycles. The quantitative estimate of drug-likeness (QED) is 0.248. The van der Waals surface area contributed by atoms with Crippen molar-refractivity contribution in [3.05, 3.63) is 70.6 Å². The summed E-state index contributed by atoms with van der Waals surface area (Å²) in [5, 5.41) is 1.54. The summed E-state index contributed by atoms with van der Waals surface area (Å²) in [5.41, 5.74) is 4.04. The van der Waals surface area contributed by atoms with Gasteiger partial charge in [-0.05, 0) is 49.7 Å². The van der Waals surface area contributed by atoms with Crippen LogP contribution < -0.4 is 10.0 Å². The number of benzene rings is 2. The number of rotatable bonds is 4. The normalized spacial score (nSPS) is 18.7. The fraction of sp³-hybridized carbons (Fsp3) is 0.269. The topological polar surface area (TPSA) is 60.3 Å². The van der Waals surface area contributed by atoms with Gasteiger partial charge in [-0.25, -0.2) is 9.97 Å². The van der Waals surface area contributed by atoms with E-state index in [2.05, 4.69) is 22.9 Å². The van der Waals surface area contributed by atoms with E-state index in [4.69, 9.17) is 21.3 Å². The Bertz CT molecular complexity index is 1540. The van der Waals surface area contributed by atoms with Crippen molar-refractivity contribution >= 4 is 41.8 Å². The molecule has 2 aliphatic rings. The van der Waals surface area contributed by atoms with E-state index in [1.165, 1.54) is 6.07 Å². The van der Waals surface area contributed by atoms with Crippen LogP contribution in [0.2, 0.25) is 5.15 Å². The Morgan fingerprint density at radius 2 is 1.92 bits per heavy atom. The molecule has 2 aliphatic heterocycles. The highest BCUT2D eigenvalue weighted by atomic mass is 35.5. The van der Waals surface area contributed by atoms with Crippen molar-refractivity contribution < 1.29 is 18.3 Å². The molecular formula is C26H22ClF2N4O2P. The first-order valence-electron chi connectivity index (χ1n) is 11.5. The molecule has 4 aromatic rings. The second-order valence-electron chi connectivity index (χ2n) is 9.22. The van der Waals surface area contributed by atoms with Gasteiger partial charge in [0, 0.05) is 35.5 Å². The van der Waals surface area contributed by atoms with E-state index in [1.807, 2.05) is 30.3 Å². The number of hydrogen-bond acceptors (Lipinski definition) is 4. The van der Waals surface area contributed by atoms with Gasteiger partial charge < -0.3 is 14.2 Å². The first-order chi connectivity index (χ1) is 17.2. The molecule has 0 spiro atoms. The van der Waals surface area contributed by atoms with Gasteiger partial charge in [-0.3, -0.25) is 4.79 Å². The summed E-state index contributed by atoms with van der Waals surface area (Å²) in [4.78, 5) is 24.4. The molecular weight excluding hydrogens is 505 g/mol. The minimum Gasteiger partial charge on any atom is -0.434 e. The number of hydrogen-bond donors (Lipinski definition) is 0. The molecule has 2 bridgehead atoms. The highest BCUT2D eigenvalue weighted by Crippen LogP contribution is 2.50. The number of carbonyl (C=O) groups excluding carboxylic acids is 1. The summed E-state index contributed by atoms with van der Waals surface area (Å²) < 4.78 is 33.5. The van der Waals surface area contributed by atoms with E-state index in [1.54, 1.807) is 24.1 Å². The summed E-state index contributed by atoms with van der Waals surface area (Å²) in [6, 6.07) is 13.9. The standard InChI is InChI=1S/C26H22ClF2N4O2P/c1-32-19-12-18(22-14(25(32)34)5-4-6-20(22)35-26(28)29)33-17-11-13(7-8-16(17)31-24(19)33)15-9-10-21(36(2)3)23(27)30-15/h4-11,18-19,26H,12H2,1-3H3/t18-,19?/m1/s1. The molecule has 6 rings (SSSR count). The molecule has 1 amide bonds. The number of ether oxygens (including phenoxy) is 1. The number of alkyl halides is 2. The van der Waals surface area contributed by atoms with Gasteiger partial charge in [0.1, 0.15) is 16.7 Å². The van der Waals surface area contributed by atoms with Gasteiger partial charge in [-0.15, -0.1) is 0 Å². The lowest BCUT2D eigenvalue weighted by atomic mass is 9.97. The molecule has 0 fully saturated rings. The van der Waals surface area contributed by atoms with Crippen LogP contribution in [0.3, 0.4) is 0 Å². The number of nitrogens with zero attached hydrogens (tertiary/aromatic N) is 4. The van der Waals surface area contributed by atoms with Crippen molar-refractivity contribution in [3.8, 4) is 17.0 Å². The molecule has 0 radical (unpaired) electrons. The maximum atomic E-state index is 13.3. The van der Waals surface area contributed by atoms with Gasteiger partial charge in [-0.2, -0.15) is 8.78 Å². The SMILES string of the molecule is CN1C(=O)c2cccc(OC(F)F)c2[C@H]2CC1c1nc3ccc(-c4ccc(P(C)C)c(Cl)n4)cc3n12. The molecule has 2 aromatic carbocycles. The van der Waals surface area contributed by atoms with E-state index in [0.717, 1.165) is 33.4 Å². The Morgan fingerprint density at radius 3 is 2.64 bits per heavy atom. The molecule has 6 nitrogen and oxygen atoms in total. The van der Waals surface area contributed by atoms with Crippen molar-refractivity contribution in [3.63, 3.8) is 0 Å². The number of halogens is 3. The fourth-order valence-corrected chi connectivity index (χ4v) is 6.81. The predicted molar refractivity (Wildman–Crippen MR) is 137 cm³/mol. The molecule has 2 atom stereocenters. The van der Waals surface area contributed by atoms with E-state index in [9.17, 15) is 13.6 Å². The molecule has 0 saturated heterocycles. The minimum atomic E-state index is -3.00. The summed E-state index contributed by atoms with van der Waals surface area (Å²) in [6.45, 7) is 1.26. The lowest BCUT2D eigenvalue weighted by Gasteiger charge is -2.24. The van der Waals surface area contributed by atoms with Crippen molar-refractivity contribution in [2.75, 3.05) is 20.4 Å². The monoisotopic (exact) mass is 526 g/mol. The Labute approximate surface area is 212 Å². The third-order valence-corrected chi connectivity index (χ3v) is 8.76. The Hall–Kier alpha value is -3.09. The average molecular weight is 527 g/mol. The van der Waals surface area contributed by atoms with E-state index < -0.39 is 6.61 Å². The van der Waals surface area contributed by atoms with Crippen LogP contribution in [0, 0.1) is 0 Å². The van der Waals surface area contributed by atoms with Crippen LogP contribution in [0.25, 0.3) is 22.3 Å². The molecule has 0 aliphatic carbocycles. The zero-order chi connectivity index (χ0) is 25.3. The van der Waals surface area contributed by atoms with Crippen molar-refractivity contribution in [1.82, 2.24) is 19.4 Å². The number of carbonyl (C=O) groups is 1. The summed E-state index contributed by atoms with van der Waals surface area (Å²) in [5.74, 6) is 0.506. The number of aromatic nitrogens is 3.